The second-order valence-electron chi connectivity index (χ2n) is 7.90. The SMILES string of the molecule is CC(C)c1nc2n(n1)CC(NC(=NCc1ccccc1)NCC(=O)N(C)C)CC2. The van der Waals surface area contributed by atoms with Crippen LogP contribution in [0.15, 0.2) is 35.3 Å². The minimum atomic E-state index is 0.00277. The van der Waals surface area contributed by atoms with Crippen LogP contribution in [0.3, 0.4) is 0 Å². The molecule has 0 spiro atoms. The fourth-order valence-corrected chi connectivity index (χ4v) is 3.11. The van der Waals surface area contributed by atoms with Crippen molar-refractivity contribution in [3.63, 3.8) is 0 Å². The Bertz CT molecular complexity index is 842. The van der Waals surface area contributed by atoms with Crippen molar-refractivity contribution in [1.82, 2.24) is 30.3 Å². The predicted octanol–water partition coefficient (Wildman–Crippen LogP) is 1.54. The first-order valence-corrected chi connectivity index (χ1v) is 10.1. The first-order chi connectivity index (χ1) is 13.9. The zero-order valence-corrected chi connectivity index (χ0v) is 17.7. The molecule has 2 aromatic rings. The fourth-order valence-electron chi connectivity index (χ4n) is 3.11. The Kier molecular flexibility index (Phi) is 6.85. The third-order valence-corrected chi connectivity index (χ3v) is 4.90. The molecule has 3 rings (SSSR count). The van der Waals surface area contributed by atoms with Crippen LogP contribution in [0.2, 0.25) is 0 Å². The number of hydrogen-bond acceptors (Lipinski definition) is 4. The van der Waals surface area contributed by atoms with Gasteiger partial charge in [0.05, 0.1) is 19.6 Å². The van der Waals surface area contributed by atoms with Crippen LogP contribution in [0.5, 0.6) is 0 Å². The van der Waals surface area contributed by atoms with Gasteiger partial charge in [-0.05, 0) is 12.0 Å². The average molecular weight is 398 g/mol. The maximum atomic E-state index is 12.0. The lowest BCUT2D eigenvalue weighted by molar-refractivity contribution is -0.127. The number of fused-ring (bicyclic) bond motifs is 1. The van der Waals surface area contributed by atoms with Gasteiger partial charge in [-0.1, -0.05) is 44.2 Å². The van der Waals surface area contributed by atoms with E-state index in [9.17, 15) is 4.79 Å². The summed E-state index contributed by atoms with van der Waals surface area (Å²) in [5.41, 5.74) is 1.12. The van der Waals surface area contributed by atoms with Crippen LogP contribution in [0, 0.1) is 0 Å². The standard InChI is InChI=1S/C21H31N7O/c1-15(2)20-25-18-11-10-17(14-28(18)26-20)24-21(23-13-19(29)27(3)4)22-12-16-8-6-5-7-9-16/h5-9,15,17H,10-14H2,1-4H3,(H2,22,23,24). The van der Waals surface area contributed by atoms with Crippen LogP contribution in [0.1, 0.15) is 43.4 Å². The molecule has 1 aliphatic heterocycles. The predicted molar refractivity (Wildman–Crippen MR) is 114 cm³/mol. The van der Waals surface area contributed by atoms with E-state index in [1.54, 1.807) is 19.0 Å². The average Bonchev–Trinajstić information content (AvgIpc) is 3.14. The maximum Gasteiger partial charge on any atom is 0.241 e. The maximum absolute atomic E-state index is 12.0. The van der Waals surface area contributed by atoms with E-state index in [-0.39, 0.29) is 18.5 Å². The van der Waals surface area contributed by atoms with Crippen LogP contribution in [0.25, 0.3) is 0 Å². The van der Waals surface area contributed by atoms with E-state index < -0.39 is 0 Å². The van der Waals surface area contributed by atoms with Gasteiger partial charge in [-0.2, -0.15) is 5.10 Å². The largest absolute Gasteiger partial charge is 0.352 e. The van der Waals surface area contributed by atoms with Crippen LogP contribution < -0.4 is 10.6 Å². The molecule has 0 bridgehead atoms. The highest BCUT2D eigenvalue weighted by Crippen LogP contribution is 2.17. The number of aryl methyl sites for hydroxylation is 1. The first-order valence-electron chi connectivity index (χ1n) is 10.1. The van der Waals surface area contributed by atoms with E-state index in [1.807, 2.05) is 35.0 Å². The summed E-state index contributed by atoms with van der Waals surface area (Å²) in [6.45, 7) is 5.70. The van der Waals surface area contributed by atoms with Gasteiger partial charge in [0.2, 0.25) is 5.91 Å². The lowest BCUT2D eigenvalue weighted by Gasteiger charge is -2.25. The molecule has 1 unspecified atom stereocenters. The van der Waals surface area contributed by atoms with Gasteiger partial charge in [-0.25, -0.2) is 14.7 Å². The Morgan fingerprint density at radius 1 is 1.31 bits per heavy atom. The molecule has 2 heterocycles. The molecule has 2 N–H and O–H groups in total. The van der Waals surface area contributed by atoms with E-state index >= 15 is 0 Å². The number of carbonyl (C=O) groups excluding carboxylic acids is 1. The summed E-state index contributed by atoms with van der Waals surface area (Å²) in [5.74, 6) is 2.91. The molecule has 0 saturated carbocycles. The lowest BCUT2D eigenvalue weighted by atomic mass is 10.1. The molecule has 1 aromatic carbocycles. The molecule has 0 radical (unpaired) electrons. The van der Waals surface area contributed by atoms with Crippen molar-refractivity contribution in [2.45, 2.75) is 51.7 Å². The number of nitrogens with zero attached hydrogens (tertiary/aromatic N) is 5. The highest BCUT2D eigenvalue weighted by Gasteiger charge is 2.23. The van der Waals surface area contributed by atoms with Crippen molar-refractivity contribution in [1.29, 1.82) is 0 Å². The summed E-state index contributed by atoms with van der Waals surface area (Å²) in [6.07, 6.45) is 1.82. The number of amides is 1. The molecule has 0 saturated heterocycles. The van der Waals surface area contributed by atoms with Gasteiger partial charge in [0.15, 0.2) is 11.8 Å². The van der Waals surface area contributed by atoms with Crippen molar-refractivity contribution < 1.29 is 4.79 Å². The summed E-state index contributed by atoms with van der Waals surface area (Å²) < 4.78 is 2.00. The number of nitrogens with one attached hydrogen (secondary N) is 2. The third-order valence-electron chi connectivity index (χ3n) is 4.90. The molecule has 29 heavy (non-hydrogen) atoms. The van der Waals surface area contributed by atoms with Gasteiger partial charge < -0.3 is 15.5 Å². The van der Waals surface area contributed by atoms with Crippen molar-refractivity contribution in [3.8, 4) is 0 Å². The van der Waals surface area contributed by atoms with E-state index in [1.165, 1.54) is 0 Å². The molecular formula is C21H31N7O. The fraction of sp³-hybridized carbons (Fsp3) is 0.524. The second kappa shape index (κ2) is 9.54. The highest BCUT2D eigenvalue weighted by molar-refractivity contribution is 5.86. The van der Waals surface area contributed by atoms with Crippen LogP contribution >= 0.6 is 0 Å². The summed E-state index contributed by atoms with van der Waals surface area (Å²) in [5, 5.41) is 11.3. The van der Waals surface area contributed by atoms with E-state index in [4.69, 9.17) is 0 Å². The Balaban J connectivity index is 1.67. The summed E-state index contributed by atoms with van der Waals surface area (Å²) in [6, 6.07) is 10.3. The van der Waals surface area contributed by atoms with Gasteiger partial charge >= 0.3 is 0 Å². The first kappa shape index (κ1) is 20.8. The summed E-state index contributed by atoms with van der Waals surface area (Å²) in [4.78, 5) is 22.9. The van der Waals surface area contributed by atoms with Gasteiger partial charge in [-0.15, -0.1) is 0 Å². The number of guanidine groups is 1. The smallest absolute Gasteiger partial charge is 0.241 e. The topological polar surface area (TPSA) is 87.4 Å². The summed E-state index contributed by atoms with van der Waals surface area (Å²) in [7, 11) is 3.50. The van der Waals surface area contributed by atoms with Crippen molar-refractivity contribution in [3.05, 3.63) is 47.5 Å². The molecule has 1 aromatic heterocycles. The number of likely N-dealkylation sites (N-methyl/N-ethyl adjacent to an activating group) is 1. The minimum absolute atomic E-state index is 0.00277. The quantitative estimate of drug-likeness (QED) is 0.570. The number of hydrogen-bond donors (Lipinski definition) is 2. The summed E-state index contributed by atoms with van der Waals surface area (Å²) >= 11 is 0. The van der Waals surface area contributed by atoms with E-state index in [2.05, 4.69) is 39.6 Å². The van der Waals surface area contributed by atoms with Crippen molar-refractivity contribution >= 4 is 11.9 Å². The van der Waals surface area contributed by atoms with Gasteiger partial charge in [0.25, 0.3) is 0 Å². The Morgan fingerprint density at radius 3 is 2.76 bits per heavy atom. The number of aromatic nitrogens is 3. The molecule has 1 atom stereocenters. The van der Waals surface area contributed by atoms with Crippen LogP contribution in [-0.2, 0) is 24.3 Å². The molecule has 1 aliphatic rings. The van der Waals surface area contributed by atoms with Crippen LogP contribution in [-0.4, -0.2) is 58.2 Å². The zero-order valence-electron chi connectivity index (χ0n) is 17.7. The minimum Gasteiger partial charge on any atom is -0.352 e. The third kappa shape index (κ3) is 5.79. The van der Waals surface area contributed by atoms with Gasteiger partial charge in [-0.3, -0.25) is 4.79 Å². The lowest BCUT2D eigenvalue weighted by Crippen LogP contribution is -2.49. The van der Waals surface area contributed by atoms with Gasteiger partial charge in [0, 0.05) is 32.5 Å². The van der Waals surface area contributed by atoms with E-state index in [0.717, 1.165) is 36.6 Å². The molecule has 8 nitrogen and oxygen atoms in total. The molecule has 0 fully saturated rings. The molecular weight excluding hydrogens is 366 g/mol. The molecule has 0 aliphatic carbocycles. The Morgan fingerprint density at radius 2 is 2.07 bits per heavy atom. The van der Waals surface area contributed by atoms with Crippen molar-refractivity contribution in [2.24, 2.45) is 4.99 Å². The van der Waals surface area contributed by atoms with Crippen molar-refractivity contribution in [2.75, 3.05) is 20.6 Å². The molecule has 1 amide bonds. The Hall–Kier alpha value is -2.90. The van der Waals surface area contributed by atoms with Gasteiger partial charge in [0.1, 0.15) is 5.82 Å². The molecule has 8 heteroatoms. The second-order valence-corrected chi connectivity index (χ2v) is 7.90. The molecule has 156 valence electrons. The number of carbonyl (C=O) groups is 1. The number of aliphatic imine (C=N–C) groups is 1. The monoisotopic (exact) mass is 397 g/mol. The number of rotatable bonds is 6. The number of benzene rings is 1. The normalized spacial score (nSPS) is 16.4. The van der Waals surface area contributed by atoms with E-state index in [0.29, 0.717) is 18.4 Å². The zero-order chi connectivity index (χ0) is 20.8. The van der Waals surface area contributed by atoms with Crippen LogP contribution in [0.4, 0.5) is 0 Å². The Labute approximate surface area is 172 Å². The highest BCUT2D eigenvalue weighted by atomic mass is 16.2.